The van der Waals surface area contributed by atoms with Crippen LogP contribution in [0.1, 0.15) is 17.7 Å². The van der Waals surface area contributed by atoms with Crippen molar-refractivity contribution in [3.63, 3.8) is 0 Å². The van der Waals surface area contributed by atoms with Crippen molar-refractivity contribution in [3.8, 4) is 6.07 Å². The Morgan fingerprint density at radius 1 is 1.47 bits per heavy atom. The fourth-order valence-corrected chi connectivity index (χ4v) is 1.18. The minimum Gasteiger partial charge on any atom is -0.481 e. The summed E-state index contributed by atoms with van der Waals surface area (Å²) in [4.78, 5) is 24.6. The lowest BCUT2D eigenvalue weighted by molar-refractivity contribution is -0.140. The van der Waals surface area contributed by atoms with Gasteiger partial charge in [0, 0.05) is 0 Å². The maximum atomic E-state index is 12.6. The molecule has 100 valence electrons. The number of amides is 1. The first-order valence-electron chi connectivity index (χ1n) is 4.73. The van der Waals surface area contributed by atoms with E-state index in [2.05, 4.69) is 4.98 Å². The first kappa shape index (κ1) is 14.4. The number of carboxylic acid groups (broad SMARTS) is 1. The summed E-state index contributed by atoms with van der Waals surface area (Å²) in [6.07, 6.45) is -4.85. The fourth-order valence-electron chi connectivity index (χ4n) is 1.18. The summed E-state index contributed by atoms with van der Waals surface area (Å²) in [5, 5.41) is 18.8. The van der Waals surface area contributed by atoms with Crippen LogP contribution in [0.3, 0.4) is 0 Å². The highest BCUT2D eigenvalue weighted by molar-refractivity contribution is 6.01. The zero-order chi connectivity index (χ0) is 14.6. The Morgan fingerprint density at radius 3 is 2.58 bits per heavy atom. The number of nitriles is 1. The Bertz CT molecular complexity index is 563. The standard InChI is InChI=1S/C10H6F3N3O3/c11-10(12,13)6-1-5(4-15-7(6)3-14)16-8(17)2-9(18)19/h1,4H,2H2,(H,16,17)(H,18,19). The summed E-state index contributed by atoms with van der Waals surface area (Å²) in [7, 11) is 0. The number of halogens is 3. The molecule has 0 fully saturated rings. The number of aromatic nitrogens is 1. The number of nitrogens with zero attached hydrogens (tertiary/aromatic N) is 2. The van der Waals surface area contributed by atoms with Gasteiger partial charge in [0.05, 0.1) is 17.4 Å². The maximum absolute atomic E-state index is 12.6. The number of carbonyl (C=O) groups excluding carboxylic acids is 1. The number of hydrogen-bond acceptors (Lipinski definition) is 4. The van der Waals surface area contributed by atoms with Gasteiger partial charge in [0.15, 0.2) is 5.69 Å². The van der Waals surface area contributed by atoms with Crippen molar-refractivity contribution in [2.24, 2.45) is 0 Å². The van der Waals surface area contributed by atoms with E-state index in [4.69, 9.17) is 10.4 Å². The van der Waals surface area contributed by atoms with E-state index in [-0.39, 0.29) is 5.69 Å². The predicted molar refractivity (Wildman–Crippen MR) is 54.8 cm³/mol. The monoisotopic (exact) mass is 273 g/mol. The molecule has 0 aliphatic rings. The quantitative estimate of drug-likeness (QED) is 0.810. The van der Waals surface area contributed by atoms with Crippen molar-refractivity contribution in [3.05, 3.63) is 23.5 Å². The highest BCUT2D eigenvalue weighted by atomic mass is 19.4. The lowest BCUT2D eigenvalue weighted by Crippen LogP contribution is -2.17. The number of aliphatic carboxylic acids is 1. The van der Waals surface area contributed by atoms with Crippen molar-refractivity contribution in [2.75, 3.05) is 5.32 Å². The van der Waals surface area contributed by atoms with Crippen molar-refractivity contribution in [1.82, 2.24) is 4.98 Å². The third kappa shape index (κ3) is 3.95. The zero-order valence-electron chi connectivity index (χ0n) is 9.15. The van der Waals surface area contributed by atoms with E-state index in [0.29, 0.717) is 6.07 Å². The molecule has 0 saturated heterocycles. The minimum absolute atomic E-state index is 0.336. The topological polar surface area (TPSA) is 103 Å². The molecule has 0 unspecified atom stereocenters. The third-order valence-electron chi connectivity index (χ3n) is 1.89. The van der Waals surface area contributed by atoms with E-state index in [0.717, 1.165) is 6.20 Å². The second-order valence-corrected chi connectivity index (χ2v) is 3.35. The van der Waals surface area contributed by atoms with Crippen LogP contribution >= 0.6 is 0 Å². The molecule has 0 spiro atoms. The van der Waals surface area contributed by atoms with Crippen LogP contribution in [0.25, 0.3) is 0 Å². The fraction of sp³-hybridized carbons (Fsp3) is 0.200. The Balaban J connectivity index is 3.03. The van der Waals surface area contributed by atoms with Crippen LogP contribution in [0.4, 0.5) is 18.9 Å². The van der Waals surface area contributed by atoms with E-state index in [1.807, 2.05) is 5.32 Å². The SMILES string of the molecule is N#Cc1ncc(NC(=O)CC(=O)O)cc1C(F)(F)F. The molecule has 6 nitrogen and oxygen atoms in total. The number of alkyl halides is 3. The minimum atomic E-state index is -4.80. The van der Waals surface area contributed by atoms with E-state index in [1.165, 1.54) is 6.07 Å². The predicted octanol–water partition coefficient (Wildman–Crippen LogP) is 1.39. The first-order valence-corrected chi connectivity index (χ1v) is 4.73. The van der Waals surface area contributed by atoms with Crippen molar-refractivity contribution < 1.29 is 27.9 Å². The molecule has 1 amide bonds. The van der Waals surface area contributed by atoms with Gasteiger partial charge >= 0.3 is 12.1 Å². The number of hydrogen-bond donors (Lipinski definition) is 2. The lowest BCUT2D eigenvalue weighted by atomic mass is 10.2. The van der Waals surface area contributed by atoms with Gasteiger partial charge in [0.25, 0.3) is 0 Å². The van der Waals surface area contributed by atoms with Crippen LogP contribution in [0.2, 0.25) is 0 Å². The summed E-state index contributed by atoms with van der Waals surface area (Å²) in [5.41, 5.74) is -2.47. The van der Waals surface area contributed by atoms with Crippen LogP contribution in [-0.2, 0) is 15.8 Å². The molecular formula is C10H6F3N3O3. The maximum Gasteiger partial charge on any atom is 0.419 e. The van der Waals surface area contributed by atoms with Gasteiger partial charge in [-0.05, 0) is 6.07 Å². The van der Waals surface area contributed by atoms with E-state index < -0.39 is 35.7 Å². The van der Waals surface area contributed by atoms with Gasteiger partial charge in [-0.1, -0.05) is 0 Å². The number of rotatable bonds is 3. The number of carbonyl (C=O) groups is 2. The Labute approximate surface area is 104 Å². The lowest BCUT2D eigenvalue weighted by Gasteiger charge is -2.10. The van der Waals surface area contributed by atoms with E-state index in [9.17, 15) is 22.8 Å². The summed E-state index contributed by atoms with van der Waals surface area (Å²) < 4.78 is 37.7. The summed E-state index contributed by atoms with van der Waals surface area (Å²) >= 11 is 0. The molecule has 0 aliphatic heterocycles. The molecule has 0 aromatic carbocycles. The average molecular weight is 273 g/mol. The van der Waals surface area contributed by atoms with Crippen LogP contribution in [0.15, 0.2) is 12.3 Å². The van der Waals surface area contributed by atoms with Crippen LogP contribution in [-0.4, -0.2) is 22.0 Å². The molecule has 2 N–H and O–H groups in total. The smallest absolute Gasteiger partial charge is 0.419 e. The average Bonchev–Trinajstić information content (AvgIpc) is 2.26. The van der Waals surface area contributed by atoms with Gasteiger partial charge in [-0.15, -0.1) is 0 Å². The first-order chi connectivity index (χ1) is 8.74. The second-order valence-electron chi connectivity index (χ2n) is 3.35. The van der Waals surface area contributed by atoms with Crippen LogP contribution in [0.5, 0.6) is 0 Å². The van der Waals surface area contributed by atoms with Gasteiger partial charge < -0.3 is 10.4 Å². The number of nitrogens with one attached hydrogen (secondary N) is 1. The molecule has 19 heavy (non-hydrogen) atoms. The third-order valence-corrected chi connectivity index (χ3v) is 1.89. The van der Waals surface area contributed by atoms with Gasteiger partial charge in [-0.3, -0.25) is 9.59 Å². The number of anilines is 1. The molecule has 0 radical (unpaired) electrons. The van der Waals surface area contributed by atoms with Crippen LogP contribution < -0.4 is 5.32 Å². The molecule has 1 aromatic heterocycles. The molecule has 1 rings (SSSR count). The Hall–Kier alpha value is -2.63. The molecule has 0 aliphatic carbocycles. The van der Waals surface area contributed by atoms with Crippen LogP contribution in [0, 0.1) is 11.3 Å². The summed E-state index contributed by atoms with van der Waals surface area (Å²) in [6.45, 7) is 0. The van der Waals surface area contributed by atoms with Gasteiger partial charge in [-0.25, -0.2) is 4.98 Å². The van der Waals surface area contributed by atoms with Crippen molar-refractivity contribution in [2.45, 2.75) is 12.6 Å². The number of pyridine rings is 1. The van der Waals surface area contributed by atoms with Gasteiger partial charge in [0.1, 0.15) is 12.5 Å². The summed E-state index contributed by atoms with van der Waals surface area (Å²) in [5.74, 6) is -2.41. The highest BCUT2D eigenvalue weighted by Gasteiger charge is 2.34. The molecule has 9 heteroatoms. The van der Waals surface area contributed by atoms with Gasteiger partial charge in [0.2, 0.25) is 5.91 Å². The zero-order valence-corrected chi connectivity index (χ0v) is 9.15. The molecule has 0 saturated carbocycles. The Morgan fingerprint density at radius 2 is 2.11 bits per heavy atom. The molecule has 1 heterocycles. The molecular weight excluding hydrogens is 267 g/mol. The number of carboxylic acids is 1. The molecule has 0 bridgehead atoms. The second kappa shape index (κ2) is 5.34. The van der Waals surface area contributed by atoms with Gasteiger partial charge in [-0.2, -0.15) is 18.4 Å². The highest BCUT2D eigenvalue weighted by Crippen LogP contribution is 2.32. The largest absolute Gasteiger partial charge is 0.481 e. The Kier molecular flexibility index (Phi) is 4.06. The molecule has 0 atom stereocenters. The summed E-state index contributed by atoms with van der Waals surface area (Å²) in [6, 6.07) is 1.80. The van der Waals surface area contributed by atoms with Crippen molar-refractivity contribution >= 4 is 17.6 Å². The molecule has 1 aromatic rings. The normalized spacial score (nSPS) is 10.6. The van der Waals surface area contributed by atoms with Crippen molar-refractivity contribution in [1.29, 1.82) is 5.26 Å². The van der Waals surface area contributed by atoms with E-state index >= 15 is 0 Å². The van der Waals surface area contributed by atoms with E-state index in [1.54, 1.807) is 0 Å².